The average Bonchev–Trinajstić information content (AvgIpc) is 3.46. The number of fused-ring (bicyclic) bond motifs is 1. The molecule has 3 heterocycles. The van der Waals surface area contributed by atoms with Crippen molar-refractivity contribution in [1.29, 1.82) is 0 Å². The number of imidazole rings is 1. The van der Waals surface area contributed by atoms with E-state index in [-0.39, 0.29) is 17.3 Å². The van der Waals surface area contributed by atoms with Gasteiger partial charge in [0.25, 0.3) is 5.91 Å². The molecule has 0 aliphatic heterocycles. The largest absolute Gasteiger partial charge is 0.338 e. The van der Waals surface area contributed by atoms with Crippen molar-refractivity contribution in [3.63, 3.8) is 0 Å². The van der Waals surface area contributed by atoms with Crippen molar-refractivity contribution < 1.29 is 9.18 Å². The molecule has 0 saturated heterocycles. The molecule has 1 amide bonds. The highest BCUT2D eigenvalue weighted by atomic mass is 19.1. The first kappa shape index (κ1) is 22.3. The van der Waals surface area contributed by atoms with Gasteiger partial charge in [-0.1, -0.05) is 12.1 Å². The van der Waals surface area contributed by atoms with E-state index < -0.39 is 6.04 Å². The van der Waals surface area contributed by atoms with Gasteiger partial charge in [-0.25, -0.2) is 19.0 Å². The lowest BCUT2D eigenvalue weighted by Crippen LogP contribution is -2.31. The molecule has 1 atom stereocenters. The van der Waals surface area contributed by atoms with Crippen LogP contribution in [0.1, 0.15) is 78.7 Å². The number of hydrogen-bond acceptors (Lipinski definition) is 4. The number of rotatable bonds is 5. The second-order valence-electron chi connectivity index (χ2n) is 10.1. The quantitative estimate of drug-likeness (QED) is 0.466. The Morgan fingerprint density at radius 3 is 2.62 bits per heavy atom. The minimum Gasteiger partial charge on any atom is -0.338 e. The normalized spacial score (nSPS) is 15.0. The first-order valence-corrected chi connectivity index (χ1v) is 11.6. The Hall–Kier alpha value is -3.55. The highest BCUT2D eigenvalue weighted by Gasteiger charge is 2.31. The van der Waals surface area contributed by atoms with E-state index in [1.165, 1.54) is 12.1 Å². The number of pyridine rings is 1. The number of aromatic nitrogens is 5. The summed E-state index contributed by atoms with van der Waals surface area (Å²) in [7, 11) is 1.86. The molecule has 0 spiro atoms. The third-order valence-electron chi connectivity index (χ3n) is 6.28. The molecule has 3 aromatic heterocycles. The minimum absolute atomic E-state index is 0.261. The van der Waals surface area contributed by atoms with E-state index in [9.17, 15) is 9.18 Å². The Labute approximate surface area is 198 Å². The number of nitrogens with one attached hydrogen (secondary N) is 1. The van der Waals surface area contributed by atoms with Gasteiger partial charge in [0.15, 0.2) is 5.65 Å². The van der Waals surface area contributed by atoms with Crippen LogP contribution in [0.4, 0.5) is 4.39 Å². The predicted molar refractivity (Wildman–Crippen MR) is 128 cm³/mol. The second kappa shape index (κ2) is 8.04. The van der Waals surface area contributed by atoms with Crippen LogP contribution >= 0.6 is 0 Å². The van der Waals surface area contributed by atoms with E-state index >= 15 is 0 Å². The molecule has 1 unspecified atom stereocenters. The van der Waals surface area contributed by atoms with Crippen LogP contribution in [0.25, 0.3) is 11.0 Å². The maximum absolute atomic E-state index is 14.1. The molecule has 1 N–H and O–H groups in total. The van der Waals surface area contributed by atoms with Crippen LogP contribution in [0.5, 0.6) is 0 Å². The Balaban J connectivity index is 1.63. The third-order valence-corrected chi connectivity index (χ3v) is 6.28. The molecule has 1 aliphatic carbocycles. The molecule has 34 heavy (non-hydrogen) atoms. The highest BCUT2D eigenvalue weighted by Crippen LogP contribution is 2.41. The van der Waals surface area contributed by atoms with Gasteiger partial charge < -0.3 is 9.88 Å². The number of hydrogen-bond donors (Lipinski definition) is 1. The number of aryl methyl sites for hydroxylation is 2. The Kier molecular flexibility index (Phi) is 5.26. The van der Waals surface area contributed by atoms with Gasteiger partial charge in [-0.05, 0) is 64.3 Å². The number of carbonyl (C=O) groups excluding carboxylic acids is 1. The molecule has 0 radical (unpaired) electrons. The summed E-state index contributed by atoms with van der Waals surface area (Å²) in [6, 6.07) is 7.54. The van der Waals surface area contributed by atoms with E-state index in [4.69, 9.17) is 10.1 Å². The number of carbonyl (C=O) groups is 1. The summed E-state index contributed by atoms with van der Waals surface area (Å²) < 4.78 is 17.8. The fourth-order valence-corrected chi connectivity index (χ4v) is 4.39. The highest BCUT2D eigenvalue weighted by molar-refractivity contribution is 6.07. The monoisotopic (exact) mass is 460 g/mol. The summed E-state index contributed by atoms with van der Waals surface area (Å²) in [6.45, 7) is 8.13. The predicted octanol–water partition coefficient (Wildman–Crippen LogP) is 4.76. The van der Waals surface area contributed by atoms with Crippen LogP contribution in [-0.2, 0) is 12.6 Å². The van der Waals surface area contributed by atoms with Crippen molar-refractivity contribution in [2.24, 2.45) is 7.05 Å². The molecule has 5 rings (SSSR count). The van der Waals surface area contributed by atoms with Crippen LogP contribution in [0.3, 0.4) is 0 Å². The Bertz CT molecular complexity index is 1390. The maximum atomic E-state index is 14.1. The Morgan fingerprint density at radius 1 is 1.24 bits per heavy atom. The van der Waals surface area contributed by atoms with Crippen molar-refractivity contribution in [1.82, 2.24) is 29.6 Å². The van der Waals surface area contributed by atoms with Gasteiger partial charge in [-0.3, -0.25) is 4.79 Å². The topological polar surface area (TPSA) is 77.6 Å². The van der Waals surface area contributed by atoms with Crippen LogP contribution in [0.15, 0.2) is 42.7 Å². The van der Waals surface area contributed by atoms with Gasteiger partial charge in [0.2, 0.25) is 0 Å². The fourth-order valence-electron chi connectivity index (χ4n) is 4.39. The van der Waals surface area contributed by atoms with E-state index in [1.807, 2.05) is 29.3 Å². The maximum Gasteiger partial charge on any atom is 0.253 e. The van der Waals surface area contributed by atoms with Gasteiger partial charge >= 0.3 is 0 Å². The van der Waals surface area contributed by atoms with Crippen molar-refractivity contribution in [2.75, 3.05) is 0 Å². The molecular formula is C26H29FN6O. The van der Waals surface area contributed by atoms with E-state index in [0.29, 0.717) is 22.9 Å². The molecule has 4 aromatic rings. The molecule has 1 aliphatic rings. The standard InChI is InChI=1S/C26H29FN6O/c1-15-21-19(14-20(16-9-10-16)29-23(21)33(31-15)26(2,3)4)25(34)30-22(24-28-11-12-32(24)5)17-7-6-8-18(27)13-17/h6-8,11-14,16,22H,9-10H2,1-5H3,(H,30,34). The first-order chi connectivity index (χ1) is 16.1. The summed E-state index contributed by atoms with van der Waals surface area (Å²) in [4.78, 5) is 23.2. The summed E-state index contributed by atoms with van der Waals surface area (Å²) in [6.07, 6.45) is 5.62. The molecule has 8 heteroatoms. The zero-order chi connectivity index (χ0) is 24.2. The molecule has 0 bridgehead atoms. The lowest BCUT2D eigenvalue weighted by molar-refractivity contribution is 0.0942. The van der Waals surface area contributed by atoms with E-state index in [2.05, 4.69) is 31.1 Å². The van der Waals surface area contributed by atoms with E-state index in [1.54, 1.807) is 24.5 Å². The molecule has 7 nitrogen and oxygen atoms in total. The average molecular weight is 461 g/mol. The number of amides is 1. The number of halogens is 1. The zero-order valence-electron chi connectivity index (χ0n) is 20.1. The molecular weight excluding hydrogens is 431 g/mol. The number of nitrogens with zero attached hydrogens (tertiary/aromatic N) is 5. The van der Waals surface area contributed by atoms with Crippen molar-refractivity contribution in [3.05, 3.63) is 76.9 Å². The third kappa shape index (κ3) is 3.97. The Morgan fingerprint density at radius 2 is 2.00 bits per heavy atom. The summed E-state index contributed by atoms with van der Waals surface area (Å²) in [5.74, 6) is 0.362. The minimum atomic E-state index is -0.617. The zero-order valence-corrected chi connectivity index (χ0v) is 20.1. The SMILES string of the molecule is Cc1nn(C(C)(C)C)c2nc(C3CC3)cc(C(=O)NC(c3cccc(F)c3)c3nccn3C)c12. The lowest BCUT2D eigenvalue weighted by Gasteiger charge is -2.21. The number of benzene rings is 1. The van der Waals surface area contributed by atoms with Gasteiger partial charge in [0.05, 0.1) is 22.2 Å². The van der Waals surface area contributed by atoms with E-state index in [0.717, 1.165) is 35.3 Å². The first-order valence-electron chi connectivity index (χ1n) is 11.6. The lowest BCUT2D eigenvalue weighted by atomic mass is 10.0. The summed E-state index contributed by atoms with van der Waals surface area (Å²) in [5, 5.41) is 8.61. The van der Waals surface area contributed by atoms with Crippen LogP contribution in [0, 0.1) is 12.7 Å². The smallest absolute Gasteiger partial charge is 0.253 e. The van der Waals surface area contributed by atoms with Gasteiger partial charge in [0.1, 0.15) is 17.7 Å². The molecule has 1 aromatic carbocycles. The van der Waals surface area contributed by atoms with Gasteiger partial charge in [-0.15, -0.1) is 0 Å². The fraction of sp³-hybridized carbons (Fsp3) is 0.385. The van der Waals surface area contributed by atoms with Gasteiger partial charge in [-0.2, -0.15) is 5.10 Å². The van der Waals surface area contributed by atoms with Crippen molar-refractivity contribution >= 4 is 16.9 Å². The molecule has 1 saturated carbocycles. The van der Waals surface area contributed by atoms with Crippen LogP contribution in [-0.4, -0.2) is 30.2 Å². The van der Waals surface area contributed by atoms with Crippen molar-refractivity contribution in [3.8, 4) is 0 Å². The molecule has 1 fully saturated rings. The summed E-state index contributed by atoms with van der Waals surface area (Å²) in [5.41, 5.74) is 3.27. The molecule has 176 valence electrons. The summed E-state index contributed by atoms with van der Waals surface area (Å²) >= 11 is 0. The van der Waals surface area contributed by atoms with Crippen LogP contribution in [0.2, 0.25) is 0 Å². The van der Waals surface area contributed by atoms with Crippen molar-refractivity contribution in [2.45, 2.75) is 58.0 Å². The second-order valence-corrected chi connectivity index (χ2v) is 10.1. The van der Waals surface area contributed by atoms with Gasteiger partial charge in [0, 0.05) is 31.1 Å². The van der Waals surface area contributed by atoms with Crippen LogP contribution < -0.4 is 5.32 Å².